The summed E-state index contributed by atoms with van der Waals surface area (Å²) in [5.74, 6) is 3.82. The molecule has 0 fully saturated rings. The molecule has 0 aliphatic carbocycles. The number of carbonyl (C=O) groups excluding carboxylic acids is 1. The van der Waals surface area contributed by atoms with Gasteiger partial charge in [0.2, 0.25) is 0 Å². The van der Waals surface area contributed by atoms with Crippen LogP contribution < -0.4 is 11.3 Å². The van der Waals surface area contributed by atoms with Gasteiger partial charge < -0.3 is 0 Å². The number of hydrogen-bond acceptors (Lipinski definition) is 2. The van der Waals surface area contributed by atoms with Crippen LogP contribution in [0.15, 0.2) is 22.6 Å². The summed E-state index contributed by atoms with van der Waals surface area (Å²) in [6, 6.07) is -0.978. The van der Waals surface area contributed by atoms with Crippen LogP contribution in [0.25, 0.3) is 0 Å². The Hall–Kier alpha value is -1.08. The topological polar surface area (TPSA) is 55.1 Å². The van der Waals surface area contributed by atoms with Crippen molar-refractivity contribution in [3.05, 3.63) is 33.8 Å². The van der Waals surface area contributed by atoms with E-state index in [0.29, 0.717) is 6.07 Å². The summed E-state index contributed by atoms with van der Waals surface area (Å²) in [7, 11) is 0. The first-order chi connectivity index (χ1) is 7.70. The number of rotatable bonds is 1. The second kappa shape index (κ2) is 4.19. The Labute approximate surface area is 94.4 Å². The van der Waals surface area contributed by atoms with Crippen molar-refractivity contribution < 1.29 is 20.7 Å². The largest absolute Gasteiger partial charge is 0.417 e. The third kappa shape index (κ3) is 2.69. The van der Waals surface area contributed by atoms with Gasteiger partial charge in [-0.2, -0.15) is 13.2 Å². The molecule has 15 heavy (non-hydrogen) atoms. The average Bonchev–Trinajstić information content (AvgIpc) is 2.21. The van der Waals surface area contributed by atoms with Crippen molar-refractivity contribution in [2.45, 2.75) is 6.18 Å². The lowest BCUT2D eigenvalue weighted by molar-refractivity contribution is -0.138. The summed E-state index contributed by atoms with van der Waals surface area (Å²) in [4.78, 5) is 11.2. The van der Waals surface area contributed by atoms with Gasteiger partial charge in [-0.15, -0.1) is 0 Å². The highest BCUT2D eigenvalue weighted by molar-refractivity contribution is 9.10. The summed E-state index contributed by atoms with van der Waals surface area (Å²) in [6.07, 6.45) is -4.71. The van der Waals surface area contributed by atoms with Crippen molar-refractivity contribution in [3.63, 3.8) is 0 Å². The molecule has 3 nitrogen and oxygen atoms in total. The zero-order valence-electron chi connectivity index (χ0n) is 9.07. The Bertz CT molecular complexity index is 479. The molecule has 0 radical (unpaired) electrons. The van der Waals surface area contributed by atoms with Crippen LogP contribution in [0.2, 0.25) is 0 Å². The van der Waals surface area contributed by atoms with Gasteiger partial charge >= 0.3 is 6.18 Å². The highest BCUT2D eigenvalue weighted by Crippen LogP contribution is 2.35. The molecule has 1 aromatic carbocycles. The van der Waals surface area contributed by atoms with Gasteiger partial charge in [0.05, 0.1) is 8.30 Å². The van der Waals surface area contributed by atoms with Crippen molar-refractivity contribution in [1.82, 2.24) is 5.43 Å². The van der Waals surface area contributed by atoms with Gasteiger partial charge in [-0.1, -0.05) is 15.9 Å². The van der Waals surface area contributed by atoms with E-state index in [1.165, 1.54) is 0 Å². The molecule has 1 rings (SSSR count). The molecule has 1 aromatic rings. The van der Waals surface area contributed by atoms with Gasteiger partial charge in [0.25, 0.3) is 5.91 Å². The van der Waals surface area contributed by atoms with E-state index >= 15 is 0 Å². The number of nitrogens with two attached hydrogens (primary N) is 1. The fourth-order valence-electron chi connectivity index (χ4n) is 0.822. The number of carbonyl (C=O) groups is 1. The maximum atomic E-state index is 12.5. The number of hydrogen-bond donors (Lipinski definition) is 2. The molecule has 0 atom stereocenters. The SMILES string of the molecule is [2H]c1cc(C(F)(F)F)c(Br)c([2H])c1C(=O)NN. The van der Waals surface area contributed by atoms with E-state index in [0.717, 1.165) is 0 Å². The van der Waals surface area contributed by atoms with Crippen LogP contribution in [-0.2, 0) is 6.18 Å². The molecular weight excluding hydrogens is 277 g/mol. The molecule has 0 aliphatic rings. The van der Waals surface area contributed by atoms with Gasteiger partial charge in [-0.25, -0.2) is 5.84 Å². The Kier molecular flexibility index (Phi) is 2.56. The summed E-state index contributed by atoms with van der Waals surface area (Å²) >= 11 is 2.59. The third-order valence-corrected chi connectivity index (χ3v) is 2.12. The van der Waals surface area contributed by atoms with Crippen molar-refractivity contribution in [3.8, 4) is 0 Å². The van der Waals surface area contributed by atoms with E-state index in [1.807, 2.05) is 0 Å². The fraction of sp³-hybridized carbons (Fsp3) is 0.125. The minimum Gasteiger partial charge on any atom is -0.290 e. The maximum absolute atomic E-state index is 12.5. The molecule has 0 saturated heterocycles. The van der Waals surface area contributed by atoms with Gasteiger partial charge in [-0.3, -0.25) is 10.2 Å². The van der Waals surface area contributed by atoms with Gasteiger partial charge in [-0.05, 0) is 18.2 Å². The number of hydrazine groups is 1. The standard InChI is InChI=1S/C8H6BrF3N2O/c9-6-3-4(7(15)14-13)1-2-5(6)8(10,11)12/h1-3H,13H2,(H,14,15)/i1D,3D. The molecule has 0 aliphatic heterocycles. The third-order valence-electron chi connectivity index (χ3n) is 1.50. The van der Waals surface area contributed by atoms with E-state index in [1.54, 1.807) is 5.43 Å². The molecule has 0 saturated carbocycles. The van der Waals surface area contributed by atoms with E-state index in [9.17, 15) is 18.0 Å². The van der Waals surface area contributed by atoms with E-state index in [4.69, 9.17) is 8.58 Å². The Morgan fingerprint density at radius 1 is 1.60 bits per heavy atom. The van der Waals surface area contributed by atoms with E-state index in [2.05, 4.69) is 15.9 Å². The zero-order valence-corrected chi connectivity index (χ0v) is 8.66. The first-order valence-corrected chi connectivity index (χ1v) is 4.37. The quantitative estimate of drug-likeness (QED) is 0.471. The highest BCUT2D eigenvalue weighted by Gasteiger charge is 2.33. The minimum absolute atomic E-state index is 0.465. The molecule has 82 valence electrons. The van der Waals surface area contributed by atoms with Crippen LogP contribution in [0, 0.1) is 0 Å². The van der Waals surface area contributed by atoms with E-state index in [-0.39, 0.29) is 0 Å². The van der Waals surface area contributed by atoms with Crippen LogP contribution in [0.4, 0.5) is 13.2 Å². The molecule has 0 aromatic heterocycles. The van der Waals surface area contributed by atoms with Crippen molar-refractivity contribution >= 4 is 21.8 Å². The van der Waals surface area contributed by atoms with Crippen LogP contribution in [0.5, 0.6) is 0 Å². The van der Waals surface area contributed by atoms with Gasteiger partial charge in [0, 0.05) is 10.0 Å². The number of amides is 1. The second-order valence-corrected chi connectivity index (χ2v) is 3.28. The van der Waals surface area contributed by atoms with Crippen molar-refractivity contribution in [2.24, 2.45) is 5.84 Å². The molecule has 0 heterocycles. The van der Waals surface area contributed by atoms with Crippen LogP contribution in [-0.4, -0.2) is 5.91 Å². The first kappa shape index (κ1) is 9.17. The van der Waals surface area contributed by atoms with Gasteiger partial charge in [0.15, 0.2) is 0 Å². The monoisotopic (exact) mass is 284 g/mol. The molecule has 0 bridgehead atoms. The maximum Gasteiger partial charge on any atom is 0.417 e. The highest BCUT2D eigenvalue weighted by atomic mass is 79.9. The lowest BCUT2D eigenvalue weighted by Gasteiger charge is -2.09. The average molecular weight is 285 g/mol. The Morgan fingerprint density at radius 2 is 2.20 bits per heavy atom. The first-order valence-electron chi connectivity index (χ1n) is 4.58. The molecule has 1 amide bonds. The minimum atomic E-state index is -4.71. The molecule has 3 N–H and O–H groups in total. The smallest absolute Gasteiger partial charge is 0.290 e. The number of benzene rings is 1. The van der Waals surface area contributed by atoms with E-state index < -0.39 is 39.8 Å². The number of alkyl halides is 3. The Balaban J connectivity index is 3.53. The van der Waals surface area contributed by atoms with Crippen LogP contribution in [0.3, 0.4) is 0 Å². The van der Waals surface area contributed by atoms with Crippen molar-refractivity contribution in [2.75, 3.05) is 0 Å². The summed E-state index contributed by atoms with van der Waals surface area (Å²) in [5, 5.41) is 0. The predicted molar refractivity (Wildman–Crippen MR) is 50.8 cm³/mol. The summed E-state index contributed by atoms with van der Waals surface area (Å²) in [6.45, 7) is 0. The molecule has 0 unspecified atom stereocenters. The fourth-order valence-corrected chi connectivity index (χ4v) is 1.36. The number of nitrogen functional groups attached to an aromatic ring is 1. The second-order valence-electron chi connectivity index (χ2n) is 2.49. The normalized spacial score (nSPS) is 13.1. The number of halogens is 4. The lowest BCUT2D eigenvalue weighted by Crippen LogP contribution is -2.30. The molecule has 7 heteroatoms. The summed E-state index contributed by atoms with van der Waals surface area (Å²) in [5.41, 5.74) is -0.0332. The zero-order chi connectivity index (χ0) is 13.4. The summed E-state index contributed by atoms with van der Waals surface area (Å²) < 4.78 is 51.6. The lowest BCUT2D eigenvalue weighted by atomic mass is 10.1. The predicted octanol–water partition coefficient (Wildman–Crippen LogP) is 2.07. The van der Waals surface area contributed by atoms with Crippen molar-refractivity contribution in [1.29, 1.82) is 0 Å². The van der Waals surface area contributed by atoms with Crippen LogP contribution in [0.1, 0.15) is 18.7 Å². The van der Waals surface area contributed by atoms with Crippen LogP contribution >= 0.6 is 15.9 Å². The van der Waals surface area contributed by atoms with Gasteiger partial charge in [0.1, 0.15) is 0 Å². The molecular formula is C8H6BrF3N2O. The number of nitrogens with one attached hydrogen (secondary N) is 1. The Morgan fingerprint density at radius 3 is 2.67 bits per heavy atom. The molecule has 0 spiro atoms.